The number of hydrogen-bond donors (Lipinski definition) is 2. The number of amides is 2. The van der Waals surface area contributed by atoms with E-state index in [1.54, 1.807) is 24.3 Å². The average molecular weight is 425 g/mol. The zero-order chi connectivity index (χ0) is 20.4. The van der Waals surface area contributed by atoms with Crippen LogP contribution in [0.2, 0.25) is 5.02 Å². The molecule has 0 unspecified atom stereocenters. The summed E-state index contributed by atoms with van der Waals surface area (Å²) in [5.74, 6) is -0.264. The number of benzene rings is 2. The number of carbonyl (C=O) groups is 2. The van der Waals surface area contributed by atoms with Crippen LogP contribution in [0.15, 0.2) is 60.1 Å². The lowest BCUT2D eigenvalue weighted by Gasteiger charge is -2.07. The summed E-state index contributed by atoms with van der Waals surface area (Å²) in [6.07, 6.45) is 2.16. The standard InChI is InChI=1S/C21H17ClN4O2S/c1-13(27)23-16-6-8-17(9-7-16)24-20(28)10-18-12-29-21-25-19(11-26(18)21)14-2-4-15(22)5-3-14/h2-9,11-12H,10H2,1H3,(H,23,27)(H,24,28). The van der Waals surface area contributed by atoms with E-state index >= 15 is 0 Å². The number of nitrogens with zero attached hydrogens (tertiary/aromatic N) is 2. The molecule has 0 aliphatic carbocycles. The maximum absolute atomic E-state index is 12.5. The van der Waals surface area contributed by atoms with Crippen molar-refractivity contribution < 1.29 is 9.59 Å². The van der Waals surface area contributed by atoms with Gasteiger partial charge in [0.25, 0.3) is 0 Å². The highest BCUT2D eigenvalue weighted by molar-refractivity contribution is 7.15. The van der Waals surface area contributed by atoms with Crippen molar-refractivity contribution in [2.45, 2.75) is 13.3 Å². The summed E-state index contributed by atoms with van der Waals surface area (Å²) in [4.78, 5) is 29.0. The Balaban J connectivity index is 1.46. The third-order valence-electron chi connectivity index (χ3n) is 4.25. The van der Waals surface area contributed by atoms with Gasteiger partial charge in [-0.25, -0.2) is 4.98 Å². The second kappa shape index (κ2) is 8.06. The van der Waals surface area contributed by atoms with Gasteiger partial charge in [0.15, 0.2) is 4.96 Å². The van der Waals surface area contributed by atoms with E-state index in [1.807, 2.05) is 40.2 Å². The van der Waals surface area contributed by atoms with Gasteiger partial charge in [-0.15, -0.1) is 11.3 Å². The molecule has 0 fully saturated rings. The van der Waals surface area contributed by atoms with E-state index in [9.17, 15) is 9.59 Å². The van der Waals surface area contributed by atoms with Crippen molar-refractivity contribution in [3.63, 3.8) is 0 Å². The third kappa shape index (κ3) is 4.47. The normalized spacial score (nSPS) is 10.8. The Hall–Kier alpha value is -3.16. The van der Waals surface area contributed by atoms with Crippen LogP contribution in [-0.2, 0) is 16.0 Å². The third-order valence-corrected chi connectivity index (χ3v) is 5.39. The molecular formula is C21H17ClN4O2S. The number of imidazole rings is 1. The Bertz CT molecular complexity index is 1180. The molecule has 0 bridgehead atoms. The van der Waals surface area contributed by atoms with E-state index < -0.39 is 0 Å². The highest BCUT2D eigenvalue weighted by Gasteiger charge is 2.13. The maximum Gasteiger partial charge on any atom is 0.230 e. The Kier molecular flexibility index (Phi) is 5.33. The molecule has 8 heteroatoms. The van der Waals surface area contributed by atoms with Crippen LogP contribution in [0.4, 0.5) is 11.4 Å². The number of hydrogen-bond acceptors (Lipinski definition) is 4. The van der Waals surface area contributed by atoms with Crippen LogP contribution in [0.3, 0.4) is 0 Å². The molecule has 0 radical (unpaired) electrons. The molecule has 0 aliphatic rings. The quantitative estimate of drug-likeness (QED) is 0.480. The number of rotatable bonds is 5. The zero-order valence-corrected chi connectivity index (χ0v) is 17.1. The number of fused-ring (bicyclic) bond motifs is 1. The van der Waals surface area contributed by atoms with Crippen LogP contribution in [0.1, 0.15) is 12.6 Å². The number of anilines is 2. The van der Waals surface area contributed by atoms with Gasteiger partial charge < -0.3 is 10.6 Å². The first-order chi connectivity index (χ1) is 14.0. The van der Waals surface area contributed by atoms with Crippen molar-refractivity contribution in [3.05, 3.63) is 70.8 Å². The first kappa shape index (κ1) is 19.2. The first-order valence-electron chi connectivity index (χ1n) is 8.87. The lowest BCUT2D eigenvalue weighted by atomic mass is 10.2. The minimum Gasteiger partial charge on any atom is -0.326 e. The van der Waals surface area contributed by atoms with Gasteiger partial charge in [-0.2, -0.15) is 0 Å². The van der Waals surface area contributed by atoms with Crippen molar-refractivity contribution in [1.29, 1.82) is 0 Å². The van der Waals surface area contributed by atoms with Crippen LogP contribution in [0, 0.1) is 0 Å². The topological polar surface area (TPSA) is 75.5 Å². The van der Waals surface area contributed by atoms with E-state index in [1.165, 1.54) is 18.3 Å². The fourth-order valence-electron chi connectivity index (χ4n) is 2.93. The molecule has 2 heterocycles. The second-order valence-electron chi connectivity index (χ2n) is 6.50. The van der Waals surface area contributed by atoms with E-state index in [4.69, 9.17) is 11.6 Å². The molecule has 29 heavy (non-hydrogen) atoms. The SMILES string of the molecule is CC(=O)Nc1ccc(NC(=O)Cc2csc3nc(-c4ccc(Cl)cc4)cn23)cc1. The fraction of sp³-hybridized carbons (Fsp3) is 0.0952. The number of thiazole rings is 1. The summed E-state index contributed by atoms with van der Waals surface area (Å²) in [6, 6.07) is 14.5. The lowest BCUT2D eigenvalue weighted by molar-refractivity contribution is -0.116. The second-order valence-corrected chi connectivity index (χ2v) is 7.77. The Morgan fingerprint density at radius 1 is 1.03 bits per heavy atom. The zero-order valence-electron chi connectivity index (χ0n) is 15.5. The minimum atomic E-state index is -0.137. The van der Waals surface area contributed by atoms with E-state index in [2.05, 4.69) is 15.6 Å². The Morgan fingerprint density at radius 2 is 1.69 bits per heavy atom. The molecule has 146 valence electrons. The molecule has 2 aromatic carbocycles. The molecular weight excluding hydrogens is 408 g/mol. The molecule has 4 aromatic rings. The largest absolute Gasteiger partial charge is 0.326 e. The van der Waals surface area contributed by atoms with Gasteiger partial charge in [0.1, 0.15) is 0 Å². The van der Waals surface area contributed by atoms with Crippen molar-refractivity contribution in [2.24, 2.45) is 0 Å². The van der Waals surface area contributed by atoms with Gasteiger partial charge in [0, 0.05) is 46.2 Å². The maximum atomic E-state index is 12.5. The Labute approximate surface area is 176 Å². The van der Waals surface area contributed by atoms with E-state index in [-0.39, 0.29) is 18.2 Å². The van der Waals surface area contributed by atoms with Gasteiger partial charge in [0.2, 0.25) is 11.8 Å². The summed E-state index contributed by atoms with van der Waals surface area (Å²) in [5.41, 5.74) is 4.03. The predicted octanol–water partition coefficient (Wildman–Crippen LogP) is 4.86. The molecule has 6 nitrogen and oxygen atoms in total. The first-order valence-corrected chi connectivity index (χ1v) is 10.1. The monoisotopic (exact) mass is 424 g/mol. The molecule has 0 saturated carbocycles. The molecule has 2 N–H and O–H groups in total. The molecule has 0 atom stereocenters. The van der Waals surface area contributed by atoms with Gasteiger partial charge in [0.05, 0.1) is 12.1 Å². The highest BCUT2D eigenvalue weighted by Crippen LogP contribution is 2.25. The smallest absolute Gasteiger partial charge is 0.230 e. The van der Waals surface area contributed by atoms with Crippen LogP contribution >= 0.6 is 22.9 Å². The highest BCUT2D eigenvalue weighted by atomic mass is 35.5. The van der Waals surface area contributed by atoms with Crippen molar-refractivity contribution >= 4 is 51.1 Å². The van der Waals surface area contributed by atoms with Crippen LogP contribution in [0.5, 0.6) is 0 Å². The number of nitrogens with one attached hydrogen (secondary N) is 2. The summed E-state index contributed by atoms with van der Waals surface area (Å²) in [5, 5.41) is 8.18. The van der Waals surface area contributed by atoms with Crippen LogP contribution in [0.25, 0.3) is 16.2 Å². The van der Waals surface area contributed by atoms with Gasteiger partial charge in [-0.05, 0) is 36.4 Å². The molecule has 2 amide bonds. The van der Waals surface area contributed by atoms with Crippen molar-refractivity contribution in [1.82, 2.24) is 9.38 Å². The van der Waals surface area contributed by atoms with Gasteiger partial charge in [-0.3, -0.25) is 14.0 Å². The summed E-state index contributed by atoms with van der Waals surface area (Å²) >= 11 is 7.44. The van der Waals surface area contributed by atoms with Gasteiger partial charge >= 0.3 is 0 Å². The molecule has 0 aliphatic heterocycles. The molecule has 4 rings (SSSR count). The van der Waals surface area contributed by atoms with Crippen LogP contribution in [-0.4, -0.2) is 21.2 Å². The van der Waals surface area contributed by atoms with Crippen molar-refractivity contribution in [2.75, 3.05) is 10.6 Å². The average Bonchev–Trinajstić information content (AvgIpc) is 3.26. The van der Waals surface area contributed by atoms with Gasteiger partial charge in [-0.1, -0.05) is 23.7 Å². The molecule has 2 aromatic heterocycles. The van der Waals surface area contributed by atoms with E-state index in [0.717, 1.165) is 21.9 Å². The summed E-state index contributed by atoms with van der Waals surface area (Å²) in [6.45, 7) is 1.45. The number of carbonyl (C=O) groups excluding carboxylic acids is 2. The predicted molar refractivity (Wildman–Crippen MR) is 117 cm³/mol. The lowest BCUT2D eigenvalue weighted by Crippen LogP contribution is -2.15. The fourth-order valence-corrected chi connectivity index (χ4v) is 3.93. The summed E-state index contributed by atoms with van der Waals surface area (Å²) < 4.78 is 1.94. The van der Waals surface area contributed by atoms with Crippen molar-refractivity contribution in [3.8, 4) is 11.3 Å². The van der Waals surface area contributed by atoms with E-state index in [0.29, 0.717) is 16.4 Å². The van der Waals surface area contributed by atoms with Crippen LogP contribution < -0.4 is 10.6 Å². The minimum absolute atomic E-state index is 0.126. The molecule has 0 spiro atoms. The number of halogens is 1. The number of aromatic nitrogens is 2. The Morgan fingerprint density at radius 3 is 2.34 bits per heavy atom. The molecule has 0 saturated heterocycles. The summed E-state index contributed by atoms with van der Waals surface area (Å²) in [7, 11) is 0.